The number of hydrogen-bond acceptors (Lipinski definition) is 9. The van der Waals surface area contributed by atoms with E-state index in [2.05, 4.69) is 10.6 Å². The largest absolute Gasteiger partial charge is 0.504 e. The first-order chi connectivity index (χ1) is 15.1. The average molecular weight is 488 g/mol. The maximum Gasteiger partial charge on any atom is 0.269 e. The molecule has 3 N–H and O–H groups in total. The number of nitrogens with one attached hydrogen (secondary N) is 2. The van der Waals surface area contributed by atoms with Gasteiger partial charge in [-0.05, 0) is 31.4 Å². The summed E-state index contributed by atoms with van der Waals surface area (Å²) in [7, 11) is -2.00. The Kier molecular flexibility index (Phi) is 7.46. The van der Waals surface area contributed by atoms with Crippen LogP contribution in [0, 0.1) is 0 Å². The minimum atomic E-state index is -4.28. The average Bonchev–Trinajstić information content (AvgIpc) is 3.30. The Bertz CT molecular complexity index is 1150. The van der Waals surface area contributed by atoms with E-state index < -0.39 is 31.5 Å². The Morgan fingerprint density at radius 3 is 2.59 bits per heavy atom. The fourth-order valence-corrected chi connectivity index (χ4v) is 5.24. The van der Waals surface area contributed by atoms with Crippen LogP contribution in [-0.2, 0) is 19.6 Å². The molecule has 2 unspecified atom stereocenters. The summed E-state index contributed by atoms with van der Waals surface area (Å²) in [4.78, 5) is 28.6. The van der Waals surface area contributed by atoms with Gasteiger partial charge in [-0.3, -0.25) is 14.4 Å². The first-order valence-corrected chi connectivity index (χ1v) is 12.0. The van der Waals surface area contributed by atoms with Gasteiger partial charge in [0.1, 0.15) is 16.3 Å². The quantitative estimate of drug-likeness (QED) is 0.262. The van der Waals surface area contributed by atoms with E-state index in [0.717, 1.165) is 39.8 Å². The van der Waals surface area contributed by atoms with E-state index >= 15 is 0 Å². The van der Waals surface area contributed by atoms with Gasteiger partial charge in [0, 0.05) is 13.7 Å². The van der Waals surface area contributed by atoms with Crippen molar-refractivity contribution >= 4 is 38.7 Å². The number of ether oxygens (including phenoxy) is 1. The predicted molar refractivity (Wildman–Crippen MR) is 121 cm³/mol. The Balaban J connectivity index is 1.94. The predicted octanol–water partition coefficient (Wildman–Crippen LogP) is 2.33. The minimum absolute atomic E-state index is 0.0600. The molecule has 0 aliphatic carbocycles. The second-order valence-electron chi connectivity index (χ2n) is 7.49. The molecule has 0 aromatic heterocycles. The van der Waals surface area contributed by atoms with E-state index in [9.17, 15) is 23.1 Å². The molecule has 12 heteroatoms. The lowest BCUT2D eigenvalue weighted by Crippen LogP contribution is -2.42. The van der Waals surface area contributed by atoms with Crippen LogP contribution in [0.1, 0.15) is 32.6 Å². The number of phenolic OH excluding ortho intramolecular Hbond substituents is 1. The van der Waals surface area contributed by atoms with Crippen LogP contribution in [0.4, 0.5) is 17.1 Å². The van der Waals surface area contributed by atoms with Crippen LogP contribution in [0.5, 0.6) is 5.75 Å². The van der Waals surface area contributed by atoms with Crippen molar-refractivity contribution < 1.29 is 23.1 Å². The van der Waals surface area contributed by atoms with E-state index in [1.165, 1.54) is 12.1 Å². The van der Waals surface area contributed by atoms with E-state index in [1.807, 2.05) is 6.92 Å². The summed E-state index contributed by atoms with van der Waals surface area (Å²) in [5.41, 5.74) is -1.54. The number of phenols is 1. The van der Waals surface area contributed by atoms with Gasteiger partial charge < -0.3 is 20.5 Å². The van der Waals surface area contributed by atoms with Gasteiger partial charge in [-0.1, -0.05) is 29.4 Å². The van der Waals surface area contributed by atoms with Crippen LogP contribution >= 0.6 is 11.6 Å². The second-order valence-corrected chi connectivity index (χ2v) is 9.77. The number of halogens is 1. The third-order valence-corrected chi connectivity index (χ3v) is 7.63. The number of benzene rings is 1. The van der Waals surface area contributed by atoms with E-state index in [4.69, 9.17) is 21.2 Å². The molecule has 176 valence electrons. The SMILES string of the molecule is CCCC(Nc1c(Nc2ccc(Cl)c(S(=O)(=O)N(C)OC)c2O)c(=O)c1=O)C1CCCO1. The number of anilines is 3. The van der Waals surface area contributed by atoms with Crippen molar-refractivity contribution in [2.24, 2.45) is 0 Å². The summed E-state index contributed by atoms with van der Waals surface area (Å²) in [5.74, 6) is -0.704. The number of nitrogens with zero attached hydrogens (tertiary/aromatic N) is 1. The van der Waals surface area contributed by atoms with Gasteiger partial charge in [0.2, 0.25) is 0 Å². The second kappa shape index (κ2) is 9.75. The van der Waals surface area contributed by atoms with Crippen molar-refractivity contribution in [1.29, 1.82) is 0 Å². The maximum absolute atomic E-state index is 12.6. The molecule has 1 saturated heterocycles. The standard InChI is InChI=1S/C20H26ClN3O7S/c1-4-6-12(14-7-5-10-31-14)22-15-16(19(27)18(15)26)23-13-9-8-11(21)20(17(13)25)32(28,29)24(2)30-3/h8-9,12,14,22-23,25H,4-7,10H2,1-3H3. The monoisotopic (exact) mass is 487 g/mol. The van der Waals surface area contributed by atoms with Gasteiger partial charge in [-0.15, -0.1) is 0 Å². The third kappa shape index (κ3) is 4.48. The fourth-order valence-electron chi connectivity index (χ4n) is 3.67. The summed E-state index contributed by atoms with van der Waals surface area (Å²) in [6, 6.07) is 2.41. The molecule has 0 amide bonds. The normalized spacial score (nSPS) is 17.7. The fraction of sp³-hybridized carbons (Fsp3) is 0.500. The van der Waals surface area contributed by atoms with Crippen molar-refractivity contribution in [3.05, 3.63) is 37.6 Å². The van der Waals surface area contributed by atoms with Gasteiger partial charge in [0.15, 0.2) is 5.75 Å². The van der Waals surface area contributed by atoms with E-state index in [-0.39, 0.29) is 34.2 Å². The van der Waals surface area contributed by atoms with Gasteiger partial charge in [0.05, 0.1) is 30.0 Å². The molecule has 10 nitrogen and oxygen atoms in total. The number of aromatic hydroxyl groups is 1. The van der Waals surface area contributed by atoms with Crippen LogP contribution in [-0.4, -0.2) is 50.9 Å². The number of hydrogen-bond donors (Lipinski definition) is 3. The molecule has 0 saturated carbocycles. The zero-order chi connectivity index (χ0) is 23.6. The van der Waals surface area contributed by atoms with Crippen molar-refractivity contribution in [3.8, 4) is 5.75 Å². The first kappa shape index (κ1) is 24.5. The highest BCUT2D eigenvalue weighted by Gasteiger charge is 2.32. The maximum atomic E-state index is 12.6. The Hall–Kier alpha value is -2.18. The molecule has 1 aliphatic rings. The van der Waals surface area contributed by atoms with Crippen LogP contribution in [0.25, 0.3) is 0 Å². The Labute approximate surface area is 190 Å². The molecule has 0 spiro atoms. The highest BCUT2D eigenvalue weighted by molar-refractivity contribution is 7.89. The van der Waals surface area contributed by atoms with Crippen LogP contribution in [0.15, 0.2) is 26.6 Å². The molecule has 1 fully saturated rings. The van der Waals surface area contributed by atoms with E-state index in [0.29, 0.717) is 11.1 Å². The van der Waals surface area contributed by atoms with E-state index in [1.54, 1.807) is 0 Å². The molecular weight excluding hydrogens is 462 g/mol. The van der Waals surface area contributed by atoms with Gasteiger partial charge in [0.25, 0.3) is 20.9 Å². The first-order valence-electron chi connectivity index (χ1n) is 10.2. The smallest absolute Gasteiger partial charge is 0.269 e. The summed E-state index contributed by atoms with van der Waals surface area (Å²) in [6.07, 6.45) is 3.29. The molecular formula is C20H26ClN3O7S. The summed E-state index contributed by atoms with van der Waals surface area (Å²) < 4.78 is 31.6. The molecule has 2 atom stereocenters. The lowest BCUT2D eigenvalue weighted by atomic mass is 10.0. The summed E-state index contributed by atoms with van der Waals surface area (Å²) >= 11 is 6.02. The number of hydroxylamine groups is 1. The van der Waals surface area contributed by atoms with Crippen LogP contribution in [0.3, 0.4) is 0 Å². The van der Waals surface area contributed by atoms with Gasteiger partial charge >= 0.3 is 0 Å². The number of rotatable bonds is 10. The lowest BCUT2D eigenvalue weighted by Gasteiger charge is -2.27. The highest BCUT2D eigenvalue weighted by atomic mass is 35.5. The van der Waals surface area contributed by atoms with Crippen LogP contribution < -0.4 is 21.5 Å². The Morgan fingerprint density at radius 1 is 1.31 bits per heavy atom. The molecule has 2 aromatic rings. The van der Waals surface area contributed by atoms with Crippen molar-refractivity contribution in [2.45, 2.75) is 49.6 Å². The summed E-state index contributed by atoms with van der Waals surface area (Å²) in [5, 5.41) is 16.2. The molecule has 2 aromatic carbocycles. The minimum Gasteiger partial charge on any atom is -0.504 e. The van der Waals surface area contributed by atoms with Crippen molar-refractivity contribution in [2.75, 3.05) is 31.4 Å². The molecule has 3 rings (SSSR count). The lowest BCUT2D eigenvalue weighted by molar-refractivity contribution is -0.0259. The highest BCUT2D eigenvalue weighted by Crippen LogP contribution is 2.40. The number of sulfonamides is 1. The van der Waals surface area contributed by atoms with Gasteiger partial charge in [-0.25, -0.2) is 8.42 Å². The molecule has 0 bridgehead atoms. The molecule has 1 heterocycles. The van der Waals surface area contributed by atoms with Crippen LogP contribution in [0.2, 0.25) is 5.02 Å². The van der Waals surface area contributed by atoms with Crippen molar-refractivity contribution in [1.82, 2.24) is 4.47 Å². The molecule has 1 aliphatic heterocycles. The topological polar surface area (TPSA) is 134 Å². The van der Waals surface area contributed by atoms with Gasteiger partial charge in [-0.2, -0.15) is 0 Å². The zero-order valence-electron chi connectivity index (χ0n) is 18.0. The Morgan fingerprint density at radius 2 is 2.00 bits per heavy atom. The molecule has 0 radical (unpaired) electrons. The summed E-state index contributed by atoms with van der Waals surface area (Å²) in [6.45, 7) is 2.66. The molecule has 32 heavy (non-hydrogen) atoms. The zero-order valence-corrected chi connectivity index (χ0v) is 19.5. The third-order valence-electron chi connectivity index (χ3n) is 5.45. The van der Waals surface area contributed by atoms with Crippen molar-refractivity contribution in [3.63, 3.8) is 0 Å².